The molecule has 2 saturated heterocycles. The van der Waals surface area contributed by atoms with E-state index in [-0.39, 0.29) is 11.4 Å². The molecule has 2 aliphatic heterocycles. The zero-order valence-electron chi connectivity index (χ0n) is 16.3. The Morgan fingerprint density at radius 3 is 2.70 bits per heavy atom. The number of carbonyl (C=O) groups is 1. The summed E-state index contributed by atoms with van der Waals surface area (Å²) in [6.45, 7) is 4.03. The number of ether oxygens (including phenoxy) is 1. The number of aromatic nitrogens is 1. The molecule has 30 heavy (non-hydrogen) atoms. The Balaban J connectivity index is 1.42. The molecular weight excluding hydrogens is 431 g/mol. The maximum Gasteiger partial charge on any atom is 0.244 e. The predicted molar refractivity (Wildman–Crippen MR) is 110 cm³/mol. The lowest BCUT2D eigenvalue weighted by Crippen LogP contribution is -2.43. The third kappa shape index (κ3) is 4.70. The van der Waals surface area contributed by atoms with Gasteiger partial charge < -0.3 is 10.1 Å². The normalized spacial score (nSPS) is 21.0. The van der Waals surface area contributed by atoms with Crippen LogP contribution in [0.15, 0.2) is 34.5 Å². The molecule has 1 aromatic carbocycles. The highest BCUT2D eigenvalue weighted by Gasteiger charge is 2.39. The van der Waals surface area contributed by atoms with Crippen LogP contribution < -0.4 is 5.32 Å². The molecule has 3 heterocycles. The molecule has 162 valence electrons. The molecule has 11 heteroatoms. The van der Waals surface area contributed by atoms with Crippen LogP contribution >= 0.6 is 11.3 Å². The molecule has 0 spiro atoms. The number of hydrogen-bond donors (Lipinski definition) is 1. The van der Waals surface area contributed by atoms with Gasteiger partial charge in [-0.15, -0.1) is 11.3 Å². The average molecular weight is 455 g/mol. The van der Waals surface area contributed by atoms with Gasteiger partial charge in [0.05, 0.1) is 23.8 Å². The molecule has 0 unspecified atom stereocenters. The van der Waals surface area contributed by atoms with Gasteiger partial charge in [0.25, 0.3) is 0 Å². The first-order valence-corrected chi connectivity index (χ1v) is 12.1. The number of nitrogens with one attached hydrogen (secondary N) is 1. The number of sulfonamides is 1. The van der Waals surface area contributed by atoms with Crippen LogP contribution in [0.2, 0.25) is 0 Å². The highest BCUT2D eigenvalue weighted by molar-refractivity contribution is 7.89. The van der Waals surface area contributed by atoms with Gasteiger partial charge in [0.15, 0.2) is 5.13 Å². The number of morpholine rings is 1. The highest BCUT2D eigenvalue weighted by Crippen LogP contribution is 2.28. The van der Waals surface area contributed by atoms with Crippen LogP contribution in [0.5, 0.6) is 0 Å². The van der Waals surface area contributed by atoms with Crippen molar-refractivity contribution in [1.82, 2.24) is 14.2 Å². The second-order valence-electron chi connectivity index (χ2n) is 7.25. The molecule has 1 aromatic heterocycles. The summed E-state index contributed by atoms with van der Waals surface area (Å²) in [6, 6.07) is 3.83. The summed E-state index contributed by atoms with van der Waals surface area (Å²) in [6.07, 6.45) is 1.01. The highest BCUT2D eigenvalue weighted by atomic mass is 32.2. The Kier molecular flexibility index (Phi) is 6.44. The number of nitrogens with zero attached hydrogens (tertiary/aromatic N) is 3. The molecule has 0 aliphatic carbocycles. The quantitative estimate of drug-likeness (QED) is 0.717. The van der Waals surface area contributed by atoms with Crippen LogP contribution in [-0.2, 0) is 26.1 Å². The van der Waals surface area contributed by atoms with E-state index in [4.69, 9.17) is 4.74 Å². The third-order valence-electron chi connectivity index (χ3n) is 5.20. The standard InChI is InChI=1S/C19H23FN4O4S2/c20-14-3-5-16(6-4-14)30(26,27)24-7-1-2-17(24)18(25)22-19-21-15(13-29-19)12-23-8-10-28-11-9-23/h3-6,13,17H,1-2,7-12H2,(H,21,22,25)/t17-/m1/s1. The number of amides is 1. The van der Waals surface area contributed by atoms with Crippen LogP contribution in [0, 0.1) is 5.82 Å². The minimum absolute atomic E-state index is 0.0226. The summed E-state index contributed by atoms with van der Waals surface area (Å²) in [7, 11) is -3.89. The summed E-state index contributed by atoms with van der Waals surface area (Å²) in [4.78, 5) is 19.5. The number of hydrogen-bond acceptors (Lipinski definition) is 7. The van der Waals surface area contributed by atoms with Gasteiger partial charge in [0.1, 0.15) is 11.9 Å². The zero-order valence-corrected chi connectivity index (χ0v) is 17.9. The van der Waals surface area contributed by atoms with E-state index in [1.807, 2.05) is 5.38 Å². The summed E-state index contributed by atoms with van der Waals surface area (Å²) in [5.74, 6) is -0.910. The van der Waals surface area contributed by atoms with Crippen molar-refractivity contribution in [1.29, 1.82) is 0 Å². The molecule has 0 saturated carbocycles. The fraction of sp³-hybridized carbons (Fsp3) is 0.474. The second kappa shape index (κ2) is 9.06. The van der Waals surface area contributed by atoms with E-state index in [1.54, 1.807) is 0 Å². The van der Waals surface area contributed by atoms with Crippen molar-refractivity contribution >= 4 is 32.4 Å². The van der Waals surface area contributed by atoms with Gasteiger partial charge in [-0.1, -0.05) is 0 Å². The van der Waals surface area contributed by atoms with Gasteiger partial charge in [0.2, 0.25) is 15.9 Å². The maximum absolute atomic E-state index is 13.2. The summed E-state index contributed by atoms with van der Waals surface area (Å²) in [5.41, 5.74) is 0.861. The summed E-state index contributed by atoms with van der Waals surface area (Å²) in [5, 5.41) is 5.11. The predicted octanol–water partition coefficient (Wildman–Crippen LogP) is 1.91. The zero-order chi connectivity index (χ0) is 21.1. The fourth-order valence-corrected chi connectivity index (χ4v) is 6.01. The monoisotopic (exact) mass is 454 g/mol. The van der Waals surface area contributed by atoms with Crippen molar-refractivity contribution < 1.29 is 22.3 Å². The molecule has 2 aromatic rings. The van der Waals surface area contributed by atoms with Crippen LogP contribution in [0.3, 0.4) is 0 Å². The van der Waals surface area contributed by atoms with E-state index in [9.17, 15) is 17.6 Å². The number of benzene rings is 1. The van der Waals surface area contributed by atoms with E-state index in [0.717, 1.165) is 30.9 Å². The molecule has 0 radical (unpaired) electrons. The van der Waals surface area contributed by atoms with Gasteiger partial charge >= 0.3 is 0 Å². The van der Waals surface area contributed by atoms with Crippen LogP contribution in [-0.4, -0.2) is 67.4 Å². The van der Waals surface area contributed by atoms with E-state index in [0.29, 0.717) is 37.7 Å². The first-order valence-electron chi connectivity index (χ1n) is 9.76. The maximum atomic E-state index is 13.2. The van der Waals surface area contributed by atoms with Crippen LogP contribution in [0.25, 0.3) is 0 Å². The average Bonchev–Trinajstić information content (AvgIpc) is 3.39. The summed E-state index contributed by atoms with van der Waals surface area (Å²) >= 11 is 1.32. The number of carbonyl (C=O) groups excluding carboxylic acids is 1. The van der Waals surface area contributed by atoms with Crippen molar-refractivity contribution in [3.8, 4) is 0 Å². The number of thiazole rings is 1. The number of rotatable bonds is 6. The Bertz CT molecular complexity index is 990. The number of halogens is 1. The first-order chi connectivity index (χ1) is 14.4. The van der Waals surface area contributed by atoms with E-state index in [1.165, 1.54) is 27.8 Å². The van der Waals surface area contributed by atoms with E-state index < -0.39 is 27.8 Å². The van der Waals surface area contributed by atoms with E-state index in [2.05, 4.69) is 15.2 Å². The molecule has 2 aliphatic rings. The van der Waals surface area contributed by atoms with Crippen molar-refractivity contribution in [3.63, 3.8) is 0 Å². The van der Waals surface area contributed by atoms with Crippen molar-refractivity contribution in [2.45, 2.75) is 30.3 Å². The lowest BCUT2D eigenvalue weighted by Gasteiger charge is -2.25. The Hall–Kier alpha value is -1.92. The molecule has 2 fully saturated rings. The Labute approximate surface area is 178 Å². The second-order valence-corrected chi connectivity index (χ2v) is 10.00. The van der Waals surface area contributed by atoms with Crippen LogP contribution in [0.4, 0.5) is 9.52 Å². The third-order valence-corrected chi connectivity index (χ3v) is 7.93. The molecule has 4 rings (SSSR count). The molecule has 1 N–H and O–H groups in total. The van der Waals surface area contributed by atoms with Gasteiger partial charge in [-0.3, -0.25) is 9.69 Å². The van der Waals surface area contributed by atoms with Gasteiger partial charge in [-0.2, -0.15) is 4.31 Å². The fourth-order valence-electron chi connectivity index (χ4n) is 3.65. The van der Waals surface area contributed by atoms with Crippen LogP contribution in [0.1, 0.15) is 18.5 Å². The van der Waals surface area contributed by atoms with Gasteiger partial charge in [-0.05, 0) is 37.1 Å². The lowest BCUT2D eigenvalue weighted by atomic mass is 10.2. The minimum atomic E-state index is -3.89. The van der Waals surface area contributed by atoms with Crippen molar-refractivity contribution in [3.05, 3.63) is 41.2 Å². The SMILES string of the molecule is O=C(Nc1nc(CN2CCOCC2)cs1)[C@H]1CCCN1S(=O)(=O)c1ccc(F)cc1. The number of anilines is 1. The minimum Gasteiger partial charge on any atom is -0.379 e. The van der Waals surface area contributed by atoms with Gasteiger partial charge in [-0.25, -0.2) is 17.8 Å². The largest absolute Gasteiger partial charge is 0.379 e. The van der Waals surface area contributed by atoms with Gasteiger partial charge in [0, 0.05) is 31.6 Å². The molecule has 8 nitrogen and oxygen atoms in total. The first kappa shape index (κ1) is 21.3. The Morgan fingerprint density at radius 2 is 1.97 bits per heavy atom. The van der Waals surface area contributed by atoms with E-state index >= 15 is 0 Å². The lowest BCUT2D eigenvalue weighted by molar-refractivity contribution is -0.119. The molecular formula is C19H23FN4O4S2. The molecule has 1 atom stereocenters. The summed E-state index contributed by atoms with van der Waals surface area (Å²) < 4.78 is 45.6. The van der Waals surface area contributed by atoms with Crippen molar-refractivity contribution in [2.24, 2.45) is 0 Å². The topological polar surface area (TPSA) is 91.8 Å². The van der Waals surface area contributed by atoms with Crippen molar-refractivity contribution in [2.75, 3.05) is 38.2 Å². The molecule has 1 amide bonds. The Morgan fingerprint density at radius 1 is 1.23 bits per heavy atom. The smallest absolute Gasteiger partial charge is 0.244 e. The molecule has 0 bridgehead atoms.